The lowest BCUT2D eigenvalue weighted by Crippen LogP contribution is -2.32. The molecule has 0 bridgehead atoms. The first-order chi connectivity index (χ1) is 10.8. The fourth-order valence-electron chi connectivity index (χ4n) is 2.34. The van der Waals surface area contributed by atoms with Crippen LogP contribution in [0.2, 0.25) is 0 Å². The first-order valence-corrected chi connectivity index (χ1v) is 9.19. The highest BCUT2D eigenvalue weighted by Gasteiger charge is 2.19. The lowest BCUT2D eigenvalue weighted by molar-refractivity contribution is -0.128. The molecule has 1 aromatic rings. The number of nitrogens with one attached hydrogen (secondary N) is 1. The summed E-state index contributed by atoms with van der Waals surface area (Å²) in [6, 6.07) is 4.36. The Morgan fingerprint density at radius 2 is 2.13 bits per heavy atom. The molecule has 0 aromatic heterocycles. The average molecular weight is 340 g/mol. The van der Waals surface area contributed by atoms with Crippen LogP contribution in [0.4, 0.5) is 0 Å². The monoisotopic (exact) mass is 340 g/mol. The van der Waals surface area contributed by atoms with Crippen molar-refractivity contribution in [3.63, 3.8) is 0 Å². The molecule has 1 aliphatic rings. The Labute approximate surface area is 135 Å². The lowest BCUT2D eigenvalue weighted by Gasteiger charge is -2.15. The highest BCUT2D eigenvalue weighted by molar-refractivity contribution is 7.90. The number of hydroxylamine groups is 1. The summed E-state index contributed by atoms with van der Waals surface area (Å²) in [5.41, 5.74) is 3.17. The van der Waals surface area contributed by atoms with Gasteiger partial charge in [0.15, 0.2) is 9.84 Å². The van der Waals surface area contributed by atoms with Gasteiger partial charge in [-0.05, 0) is 31.0 Å². The van der Waals surface area contributed by atoms with Gasteiger partial charge < -0.3 is 4.90 Å². The van der Waals surface area contributed by atoms with Gasteiger partial charge in [0.05, 0.1) is 11.5 Å². The summed E-state index contributed by atoms with van der Waals surface area (Å²) in [6.07, 6.45) is 2.50. The zero-order valence-electron chi connectivity index (χ0n) is 13.2. The topological polar surface area (TPSA) is 92.8 Å². The van der Waals surface area contributed by atoms with Crippen LogP contribution in [0, 0.1) is 6.92 Å². The van der Waals surface area contributed by atoms with Gasteiger partial charge in [0.2, 0.25) is 5.91 Å². The van der Waals surface area contributed by atoms with Crippen molar-refractivity contribution >= 4 is 21.7 Å². The SMILES string of the molecule is Cc1ccc(S(C)(=O)=O)cc1C(=O)NOCCN1CCCC1=O. The summed E-state index contributed by atoms with van der Waals surface area (Å²) < 4.78 is 23.1. The van der Waals surface area contributed by atoms with Crippen molar-refractivity contribution in [1.29, 1.82) is 0 Å². The Morgan fingerprint density at radius 3 is 2.74 bits per heavy atom. The standard InChI is InChI=1S/C15H20N2O5S/c1-11-5-6-12(23(2,20)21)10-13(11)15(19)16-22-9-8-17-7-3-4-14(17)18/h5-6,10H,3-4,7-9H2,1-2H3,(H,16,19). The van der Waals surface area contributed by atoms with Crippen LogP contribution in [0.1, 0.15) is 28.8 Å². The second-order valence-corrected chi connectivity index (χ2v) is 7.53. The average Bonchev–Trinajstić information content (AvgIpc) is 2.88. The third kappa shape index (κ3) is 4.52. The minimum Gasteiger partial charge on any atom is -0.340 e. The lowest BCUT2D eigenvalue weighted by atomic mass is 10.1. The van der Waals surface area contributed by atoms with Crippen LogP contribution in [0.15, 0.2) is 23.1 Å². The zero-order chi connectivity index (χ0) is 17.0. The number of carbonyl (C=O) groups is 2. The molecule has 2 amide bonds. The number of rotatable bonds is 6. The normalized spacial score (nSPS) is 15.0. The van der Waals surface area contributed by atoms with Crippen molar-refractivity contribution in [2.24, 2.45) is 0 Å². The molecule has 0 atom stereocenters. The Hall–Kier alpha value is -1.93. The van der Waals surface area contributed by atoms with Crippen LogP contribution in [0.25, 0.3) is 0 Å². The van der Waals surface area contributed by atoms with Crippen molar-refractivity contribution in [1.82, 2.24) is 10.4 Å². The third-order valence-electron chi connectivity index (χ3n) is 3.68. The van der Waals surface area contributed by atoms with Gasteiger partial charge in [-0.15, -0.1) is 0 Å². The minimum atomic E-state index is -3.38. The molecular weight excluding hydrogens is 320 g/mol. The van der Waals surface area contributed by atoms with Gasteiger partial charge in [-0.2, -0.15) is 0 Å². The van der Waals surface area contributed by atoms with Crippen molar-refractivity contribution in [2.75, 3.05) is 26.0 Å². The highest BCUT2D eigenvalue weighted by Crippen LogP contribution is 2.15. The number of hydrogen-bond donors (Lipinski definition) is 1. The summed E-state index contributed by atoms with van der Waals surface area (Å²) in [5.74, 6) is -0.419. The predicted octanol–water partition coefficient (Wildman–Crippen LogP) is 0.682. The summed E-state index contributed by atoms with van der Waals surface area (Å²) in [4.78, 5) is 30.4. The number of carbonyl (C=O) groups excluding carboxylic acids is 2. The summed E-state index contributed by atoms with van der Waals surface area (Å²) in [7, 11) is -3.38. The molecule has 1 aromatic carbocycles. The van der Waals surface area contributed by atoms with Gasteiger partial charge in [0, 0.05) is 31.3 Å². The van der Waals surface area contributed by atoms with Crippen LogP contribution >= 0.6 is 0 Å². The van der Waals surface area contributed by atoms with Crippen LogP contribution in [0.3, 0.4) is 0 Å². The second kappa shape index (κ2) is 7.10. The Bertz CT molecular complexity index is 715. The number of amides is 2. The van der Waals surface area contributed by atoms with Gasteiger partial charge in [-0.25, -0.2) is 13.9 Å². The molecule has 1 N–H and O–H groups in total. The van der Waals surface area contributed by atoms with E-state index in [1.165, 1.54) is 12.1 Å². The number of benzene rings is 1. The van der Waals surface area contributed by atoms with Crippen molar-refractivity contribution in [2.45, 2.75) is 24.7 Å². The van der Waals surface area contributed by atoms with Gasteiger partial charge in [-0.3, -0.25) is 14.4 Å². The van der Waals surface area contributed by atoms with Gasteiger partial charge in [0.25, 0.3) is 5.91 Å². The molecule has 1 saturated heterocycles. The second-order valence-electron chi connectivity index (χ2n) is 5.51. The van der Waals surface area contributed by atoms with E-state index >= 15 is 0 Å². The third-order valence-corrected chi connectivity index (χ3v) is 4.79. The molecule has 8 heteroatoms. The number of aryl methyl sites for hydroxylation is 1. The smallest absolute Gasteiger partial charge is 0.275 e. The fraction of sp³-hybridized carbons (Fsp3) is 0.467. The van der Waals surface area contributed by atoms with E-state index in [0.29, 0.717) is 25.1 Å². The van der Waals surface area contributed by atoms with Gasteiger partial charge >= 0.3 is 0 Å². The van der Waals surface area contributed by atoms with E-state index in [0.717, 1.165) is 12.7 Å². The maximum Gasteiger partial charge on any atom is 0.275 e. The first-order valence-electron chi connectivity index (χ1n) is 7.29. The molecule has 0 aliphatic carbocycles. The zero-order valence-corrected chi connectivity index (χ0v) is 14.0. The molecule has 0 spiro atoms. The fourth-order valence-corrected chi connectivity index (χ4v) is 2.99. The van der Waals surface area contributed by atoms with Crippen LogP contribution in [-0.2, 0) is 19.5 Å². The molecule has 126 valence electrons. The summed E-state index contributed by atoms with van der Waals surface area (Å²) in [5, 5.41) is 0. The molecule has 23 heavy (non-hydrogen) atoms. The summed E-state index contributed by atoms with van der Waals surface area (Å²) >= 11 is 0. The largest absolute Gasteiger partial charge is 0.340 e. The van der Waals surface area contributed by atoms with E-state index in [9.17, 15) is 18.0 Å². The Balaban J connectivity index is 1.91. The highest BCUT2D eigenvalue weighted by atomic mass is 32.2. The van der Waals surface area contributed by atoms with Crippen LogP contribution in [-0.4, -0.2) is 51.1 Å². The summed E-state index contributed by atoms with van der Waals surface area (Å²) in [6.45, 7) is 3.03. The predicted molar refractivity (Wildman–Crippen MR) is 83.5 cm³/mol. The van der Waals surface area contributed by atoms with Crippen LogP contribution < -0.4 is 5.48 Å². The minimum absolute atomic E-state index is 0.0795. The molecule has 1 fully saturated rings. The number of nitrogens with zero attached hydrogens (tertiary/aromatic N) is 1. The van der Waals surface area contributed by atoms with Crippen molar-refractivity contribution in [3.8, 4) is 0 Å². The number of likely N-dealkylation sites (tertiary alicyclic amines) is 1. The quantitative estimate of drug-likeness (QED) is 0.607. The molecule has 2 rings (SSSR count). The van der Waals surface area contributed by atoms with E-state index in [1.807, 2.05) is 0 Å². The number of sulfone groups is 1. The van der Waals surface area contributed by atoms with E-state index in [1.54, 1.807) is 17.9 Å². The number of hydrogen-bond acceptors (Lipinski definition) is 5. The van der Waals surface area contributed by atoms with E-state index in [2.05, 4.69) is 5.48 Å². The van der Waals surface area contributed by atoms with E-state index in [4.69, 9.17) is 4.84 Å². The van der Waals surface area contributed by atoms with Gasteiger partial charge in [-0.1, -0.05) is 6.07 Å². The molecule has 0 radical (unpaired) electrons. The molecule has 0 unspecified atom stereocenters. The first kappa shape index (κ1) is 17.4. The maximum atomic E-state index is 12.1. The van der Waals surface area contributed by atoms with Gasteiger partial charge in [0.1, 0.15) is 0 Å². The Kier molecular flexibility index (Phi) is 5.38. The van der Waals surface area contributed by atoms with Crippen molar-refractivity contribution in [3.05, 3.63) is 29.3 Å². The van der Waals surface area contributed by atoms with E-state index in [-0.39, 0.29) is 23.0 Å². The van der Waals surface area contributed by atoms with Crippen LogP contribution in [0.5, 0.6) is 0 Å². The molecule has 1 heterocycles. The Morgan fingerprint density at radius 1 is 1.39 bits per heavy atom. The molecule has 1 aliphatic heterocycles. The molecule has 0 saturated carbocycles. The van der Waals surface area contributed by atoms with E-state index < -0.39 is 15.7 Å². The molecular formula is C15H20N2O5S. The molecule has 7 nitrogen and oxygen atoms in total. The maximum absolute atomic E-state index is 12.1. The van der Waals surface area contributed by atoms with Crippen molar-refractivity contribution < 1.29 is 22.8 Å².